The van der Waals surface area contributed by atoms with Crippen molar-refractivity contribution < 1.29 is 69.5 Å². The second kappa shape index (κ2) is 16.6. The van der Waals surface area contributed by atoms with Crippen molar-refractivity contribution >= 4 is 16.0 Å². The molecule has 124 valence electrons. The van der Waals surface area contributed by atoms with Gasteiger partial charge in [0.15, 0.2) is 0 Å². The van der Waals surface area contributed by atoms with Crippen LogP contribution in [0.4, 0.5) is 0 Å². The van der Waals surface area contributed by atoms with Crippen molar-refractivity contribution in [3.63, 3.8) is 0 Å². The summed E-state index contributed by atoms with van der Waals surface area (Å²) in [6.07, 6.45) is 13.0. The van der Waals surface area contributed by atoms with Crippen LogP contribution in [-0.4, -0.2) is 31.2 Å². The monoisotopic (exact) mass is 357 g/mol. The van der Waals surface area contributed by atoms with E-state index in [1.165, 1.54) is 44.6 Å². The van der Waals surface area contributed by atoms with Crippen molar-refractivity contribution in [1.29, 1.82) is 0 Å². The SMILES string of the molecule is CCCCCCCCC/C=C/C([O-])=NCCCS(=O)(=O)O.[K+]. The Morgan fingerprint density at radius 3 is 2.27 bits per heavy atom. The van der Waals surface area contributed by atoms with Crippen LogP contribution in [0.5, 0.6) is 0 Å². The maximum Gasteiger partial charge on any atom is 1.00 e. The van der Waals surface area contributed by atoms with Crippen LogP contribution in [0.15, 0.2) is 17.1 Å². The molecule has 0 aromatic carbocycles. The molecule has 0 unspecified atom stereocenters. The first-order valence-corrected chi connectivity index (χ1v) is 9.40. The molecule has 0 amide bonds. The predicted molar refractivity (Wildman–Crippen MR) is 85.1 cm³/mol. The van der Waals surface area contributed by atoms with Crippen molar-refractivity contribution in [2.45, 2.75) is 64.7 Å². The van der Waals surface area contributed by atoms with E-state index in [9.17, 15) is 13.5 Å². The van der Waals surface area contributed by atoms with Crippen LogP contribution in [0, 0.1) is 0 Å². The second-order valence-corrected chi connectivity index (χ2v) is 6.74. The fraction of sp³-hybridized carbons (Fsp3) is 0.800. The van der Waals surface area contributed by atoms with Gasteiger partial charge < -0.3 is 10.1 Å². The predicted octanol–water partition coefficient (Wildman–Crippen LogP) is -0.276. The average Bonchev–Trinajstić information content (AvgIpc) is 2.41. The number of hydrogen-bond donors (Lipinski definition) is 1. The summed E-state index contributed by atoms with van der Waals surface area (Å²) in [5, 5.41) is 11.3. The van der Waals surface area contributed by atoms with Crippen LogP contribution in [-0.2, 0) is 10.1 Å². The normalized spacial score (nSPS) is 12.5. The molecule has 0 aliphatic carbocycles. The summed E-state index contributed by atoms with van der Waals surface area (Å²) in [6.45, 7) is 2.33. The van der Waals surface area contributed by atoms with Gasteiger partial charge in [-0.3, -0.25) is 4.55 Å². The molecular weight excluding hydrogens is 329 g/mol. The molecule has 0 aliphatic heterocycles. The molecule has 0 bridgehead atoms. The fourth-order valence-electron chi connectivity index (χ4n) is 1.89. The van der Waals surface area contributed by atoms with Crippen molar-refractivity contribution in [3.8, 4) is 0 Å². The molecule has 0 atom stereocenters. The molecule has 0 rings (SSSR count). The fourth-order valence-corrected chi connectivity index (χ4v) is 2.39. The Kier molecular flexibility index (Phi) is 18.9. The van der Waals surface area contributed by atoms with Gasteiger partial charge in [0.25, 0.3) is 10.1 Å². The number of aliphatic imine (C=N–C) groups is 1. The third-order valence-corrected chi connectivity index (χ3v) is 3.87. The van der Waals surface area contributed by atoms with Crippen molar-refractivity contribution in [2.75, 3.05) is 12.3 Å². The maximum atomic E-state index is 11.3. The van der Waals surface area contributed by atoms with E-state index in [1.54, 1.807) is 0 Å². The minimum absolute atomic E-state index is 0. The Bertz CT molecular complexity index is 408. The van der Waals surface area contributed by atoms with Crippen molar-refractivity contribution in [1.82, 2.24) is 0 Å². The first-order chi connectivity index (χ1) is 9.95. The van der Waals surface area contributed by atoms with Crippen LogP contribution in [0.3, 0.4) is 0 Å². The zero-order chi connectivity index (χ0) is 16.0. The third-order valence-electron chi connectivity index (χ3n) is 3.06. The van der Waals surface area contributed by atoms with E-state index in [0.29, 0.717) is 0 Å². The van der Waals surface area contributed by atoms with Crippen LogP contribution < -0.4 is 56.5 Å². The van der Waals surface area contributed by atoms with Gasteiger partial charge in [-0.15, -0.1) is 0 Å². The van der Waals surface area contributed by atoms with Crippen LogP contribution >= 0.6 is 0 Å². The standard InChI is InChI=1S/C15H29NO4S.K/c1-2-3-4-5-6-7-8-9-10-12-15(17)16-13-11-14-21(18,19)20;/h10,12H,2-9,11,13-14H2,1H3,(H,16,17)(H,18,19,20);/q;+1/p-1/b12-10+;. The molecular formula is C15H28KNO4S. The summed E-state index contributed by atoms with van der Waals surface area (Å²) in [6, 6.07) is 0. The molecule has 0 spiro atoms. The van der Waals surface area contributed by atoms with Gasteiger partial charge in [-0.05, 0) is 25.2 Å². The maximum absolute atomic E-state index is 11.3. The summed E-state index contributed by atoms with van der Waals surface area (Å²) >= 11 is 0. The summed E-state index contributed by atoms with van der Waals surface area (Å²) in [5.41, 5.74) is 0. The Morgan fingerprint density at radius 1 is 1.09 bits per heavy atom. The molecule has 0 radical (unpaired) electrons. The molecule has 7 heteroatoms. The van der Waals surface area contributed by atoms with Gasteiger partial charge >= 0.3 is 51.4 Å². The number of hydrogen-bond acceptors (Lipinski definition) is 4. The summed E-state index contributed by atoms with van der Waals surface area (Å²) in [5.74, 6) is -0.695. The van der Waals surface area contributed by atoms with E-state index in [4.69, 9.17) is 4.55 Å². The largest absolute Gasteiger partial charge is 1.00 e. The third kappa shape index (κ3) is 20.8. The summed E-state index contributed by atoms with van der Waals surface area (Å²) in [4.78, 5) is 3.69. The van der Waals surface area contributed by atoms with Crippen LogP contribution in [0.2, 0.25) is 0 Å². The summed E-state index contributed by atoms with van der Waals surface area (Å²) in [7, 11) is -3.95. The van der Waals surface area contributed by atoms with Gasteiger partial charge in [0.2, 0.25) is 0 Å². The first-order valence-electron chi connectivity index (χ1n) is 7.79. The molecule has 0 aliphatic rings. The van der Waals surface area contributed by atoms with Crippen LogP contribution in [0.1, 0.15) is 64.7 Å². The van der Waals surface area contributed by atoms with Crippen molar-refractivity contribution in [3.05, 3.63) is 12.2 Å². The van der Waals surface area contributed by atoms with E-state index in [1.807, 2.05) is 6.08 Å². The minimum atomic E-state index is -3.95. The Balaban J connectivity index is 0. The van der Waals surface area contributed by atoms with Crippen molar-refractivity contribution in [2.24, 2.45) is 4.99 Å². The number of unbranched alkanes of at least 4 members (excludes halogenated alkanes) is 7. The zero-order valence-electron chi connectivity index (χ0n) is 14.0. The van der Waals surface area contributed by atoms with E-state index in [2.05, 4.69) is 11.9 Å². The zero-order valence-corrected chi connectivity index (χ0v) is 17.9. The topological polar surface area (TPSA) is 89.8 Å². The molecule has 0 saturated carbocycles. The number of rotatable bonds is 13. The first kappa shape index (κ1) is 25.0. The van der Waals surface area contributed by atoms with Gasteiger partial charge in [0, 0.05) is 6.54 Å². The Morgan fingerprint density at radius 2 is 1.68 bits per heavy atom. The van der Waals surface area contributed by atoms with Gasteiger partial charge in [-0.1, -0.05) is 57.6 Å². The van der Waals surface area contributed by atoms with E-state index in [-0.39, 0.29) is 76.0 Å². The average molecular weight is 358 g/mol. The summed E-state index contributed by atoms with van der Waals surface area (Å²) < 4.78 is 29.4. The Hall–Kier alpha value is 0.756. The molecule has 5 nitrogen and oxygen atoms in total. The minimum Gasteiger partial charge on any atom is -0.859 e. The molecule has 0 aromatic rings. The molecule has 22 heavy (non-hydrogen) atoms. The molecule has 0 heterocycles. The van der Waals surface area contributed by atoms with Crippen LogP contribution in [0.25, 0.3) is 0 Å². The van der Waals surface area contributed by atoms with Gasteiger partial charge in [-0.2, -0.15) is 8.42 Å². The molecule has 0 aromatic heterocycles. The smallest absolute Gasteiger partial charge is 0.859 e. The van der Waals surface area contributed by atoms with E-state index >= 15 is 0 Å². The molecule has 0 saturated heterocycles. The molecule has 0 fully saturated rings. The van der Waals surface area contributed by atoms with Gasteiger partial charge in [0.1, 0.15) is 0 Å². The van der Waals surface area contributed by atoms with E-state index < -0.39 is 10.1 Å². The second-order valence-electron chi connectivity index (χ2n) is 5.17. The van der Waals surface area contributed by atoms with Gasteiger partial charge in [0.05, 0.1) is 5.75 Å². The Labute approximate surface area is 177 Å². The number of nitrogens with zero attached hydrogens (tertiary/aromatic N) is 1. The van der Waals surface area contributed by atoms with E-state index in [0.717, 1.165) is 12.8 Å². The molecule has 1 N–H and O–H groups in total. The number of allylic oxidation sites excluding steroid dienone is 1. The van der Waals surface area contributed by atoms with Gasteiger partial charge in [-0.25, -0.2) is 0 Å². The quantitative estimate of drug-likeness (QED) is 0.161.